The van der Waals surface area contributed by atoms with Crippen LogP contribution in [0.3, 0.4) is 0 Å². The minimum Gasteiger partial charge on any atom is -0.370 e. The normalized spacial score (nSPS) is 19.4. The van der Waals surface area contributed by atoms with Crippen molar-refractivity contribution in [2.45, 2.75) is 38.9 Å². The number of benzene rings is 1. The molecule has 20 heavy (non-hydrogen) atoms. The maximum absolute atomic E-state index is 6.20. The zero-order valence-electron chi connectivity index (χ0n) is 13.0. The summed E-state index contributed by atoms with van der Waals surface area (Å²) in [6.07, 6.45) is 1.22. The third-order valence-electron chi connectivity index (χ3n) is 3.98. The standard InChI is InChI=1S/C16H26ClN3/c1-12(2)18-10-13-5-6-14(17)9-16(13)20-8-7-15(11-20)19(3)4/h5-6,9,12,15,18H,7-8,10-11H2,1-4H3. The highest BCUT2D eigenvalue weighted by atomic mass is 35.5. The van der Waals surface area contributed by atoms with Gasteiger partial charge in [0, 0.05) is 42.4 Å². The van der Waals surface area contributed by atoms with Crippen molar-refractivity contribution in [3.8, 4) is 0 Å². The Morgan fingerprint density at radius 3 is 2.75 bits per heavy atom. The van der Waals surface area contributed by atoms with Crippen LogP contribution >= 0.6 is 11.6 Å². The van der Waals surface area contributed by atoms with Crippen molar-refractivity contribution in [2.24, 2.45) is 0 Å². The fraction of sp³-hybridized carbons (Fsp3) is 0.625. The molecule has 3 nitrogen and oxygen atoms in total. The van der Waals surface area contributed by atoms with E-state index in [1.807, 2.05) is 6.07 Å². The summed E-state index contributed by atoms with van der Waals surface area (Å²) in [5.41, 5.74) is 2.62. The lowest BCUT2D eigenvalue weighted by Gasteiger charge is -2.24. The van der Waals surface area contributed by atoms with Crippen LogP contribution in [0, 0.1) is 0 Å². The third kappa shape index (κ3) is 3.87. The first kappa shape index (κ1) is 15.6. The molecule has 2 rings (SSSR count). The first-order valence-corrected chi connectivity index (χ1v) is 7.78. The van der Waals surface area contributed by atoms with Crippen molar-refractivity contribution in [2.75, 3.05) is 32.1 Å². The Morgan fingerprint density at radius 2 is 2.15 bits per heavy atom. The number of hydrogen-bond donors (Lipinski definition) is 1. The second kappa shape index (κ2) is 6.79. The predicted molar refractivity (Wildman–Crippen MR) is 87.7 cm³/mol. The van der Waals surface area contributed by atoms with Crippen molar-refractivity contribution >= 4 is 17.3 Å². The van der Waals surface area contributed by atoms with E-state index < -0.39 is 0 Å². The zero-order valence-corrected chi connectivity index (χ0v) is 13.7. The van der Waals surface area contributed by atoms with Crippen LogP contribution in [0.25, 0.3) is 0 Å². The smallest absolute Gasteiger partial charge is 0.0427 e. The highest BCUT2D eigenvalue weighted by Gasteiger charge is 2.25. The first-order chi connectivity index (χ1) is 9.47. The monoisotopic (exact) mass is 295 g/mol. The fourth-order valence-corrected chi connectivity index (χ4v) is 2.84. The van der Waals surface area contributed by atoms with E-state index >= 15 is 0 Å². The maximum atomic E-state index is 6.20. The molecule has 1 N–H and O–H groups in total. The summed E-state index contributed by atoms with van der Waals surface area (Å²) < 4.78 is 0. The van der Waals surface area contributed by atoms with E-state index in [2.05, 4.69) is 55.2 Å². The summed E-state index contributed by atoms with van der Waals surface area (Å²) in [4.78, 5) is 4.78. The first-order valence-electron chi connectivity index (χ1n) is 7.40. The van der Waals surface area contributed by atoms with Gasteiger partial charge in [-0.1, -0.05) is 31.5 Å². The van der Waals surface area contributed by atoms with Crippen molar-refractivity contribution in [3.63, 3.8) is 0 Å². The van der Waals surface area contributed by atoms with E-state index in [4.69, 9.17) is 11.6 Å². The molecule has 1 aliphatic heterocycles. The predicted octanol–water partition coefficient (Wildman–Crippen LogP) is 2.98. The quantitative estimate of drug-likeness (QED) is 0.901. The third-order valence-corrected chi connectivity index (χ3v) is 4.22. The SMILES string of the molecule is CC(C)NCc1ccc(Cl)cc1N1CCC(N(C)C)C1. The van der Waals surface area contributed by atoms with Gasteiger partial charge in [-0.15, -0.1) is 0 Å². The van der Waals surface area contributed by atoms with E-state index in [9.17, 15) is 0 Å². The Kier molecular flexibility index (Phi) is 5.30. The zero-order chi connectivity index (χ0) is 14.7. The summed E-state index contributed by atoms with van der Waals surface area (Å²) in [7, 11) is 4.32. The Morgan fingerprint density at radius 1 is 1.40 bits per heavy atom. The Balaban J connectivity index is 2.15. The van der Waals surface area contributed by atoms with Crippen molar-refractivity contribution in [1.29, 1.82) is 0 Å². The van der Waals surface area contributed by atoms with Gasteiger partial charge in [0.2, 0.25) is 0 Å². The van der Waals surface area contributed by atoms with Crippen LogP contribution < -0.4 is 10.2 Å². The molecule has 1 atom stereocenters. The molecule has 0 aliphatic carbocycles. The molecule has 0 spiro atoms. The molecule has 1 fully saturated rings. The van der Waals surface area contributed by atoms with E-state index in [1.54, 1.807) is 0 Å². The van der Waals surface area contributed by atoms with Crippen molar-refractivity contribution in [1.82, 2.24) is 10.2 Å². The molecular formula is C16H26ClN3. The Bertz CT molecular complexity index is 445. The number of halogens is 1. The van der Waals surface area contributed by atoms with Gasteiger partial charge >= 0.3 is 0 Å². The van der Waals surface area contributed by atoms with Gasteiger partial charge in [-0.3, -0.25) is 0 Å². The van der Waals surface area contributed by atoms with Gasteiger partial charge in [0.1, 0.15) is 0 Å². The molecule has 0 amide bonds. The van der Waals surface area contributed by atoms with Crippen LogP contribution in [0.15, 0.2) is 18.2 Å². The summed E-state index contributed by atoms with van der Waals surface area (Å²) in [6, 6.07) is 7.38. The van der Waals surface area contributed by atoms with Crippen LogP contribution in [-0.2, 0) is 6.54 Å². The van der Waals surface area contributed by atoms with E-state index in [1.165, 1.54) is 17.7 Å². The van der Waals surface area contributed by atoms with E-state index in [0.717, 1.165) is 24.7 Å². The van der Waals surface area contributed by atoms with Crippen molar-refractivity contribution < 1.29 is 0 Å². The summed E-state index contributed by atoms with van der Waals surface area (Å²) in [6.45, 7) is 7.44. The van der Waals surface area contributed by atoms with Gasteiger partial charge < -0.3 is 15.1 Å². The lowest BCUT2D eigenvalue weighted by atomic mass is 10.1. The molecule has 0 aromatic heterocycles. The lowest BCUT2D eigenvalue weighted by molar-refractivity contribution is 0.315. The van der Waals surface area contributed by atoms with E-state index in [0.29, 0.717) is 12.1 Å². The second-order valence-corrected chi connectivity index (χ2v) is 6.60. The molecule has 0 bridgehead atoms. The molecule has 0 radical (unpaired) electrons. The van der Waals surface area contributed by atoms with Gasteiger partial charge in [0.05, 0.1) is 0 Å². The van der Waals surface area contributed by atoms with Crippen LogP contribution in [0.1, 0.15) is 25.8 Å². The van der Waals surface area contributed by atoms with Gasteiger partial charge in [0.15, 0.2) is 0 Å². The molecule has 0 saturated carbocycles. The number of nitrogens with one attached hydrogen (secondary N) is 1. The Labute approximate surface area is 127 Å². The van der Waals surface area contributed by atoms with Crippen LogP contribution in [-0.4, -0.2) is 44.2 Å². The van der Waals surface area contributed by atoms with Crippen LogP contribution in [0.5, 0.6) is 0 Å². The molecule has 1 heterocycles. The van der Waals surface area contributed by atoms with Crippen LogP contribution in [0.4, 0.5) is 5.69 Å². The summed E-state index contributed by atoms with van der Waals surface area (Å²) in [5, 5.41) is 4.32. The molecular weight excluding hydrogens is 270 g/mol. The van der Waals surface area contributed by atoms with Gasteiger partial charge in [0.25, 0.3) is 0 Å². The average molecular weight is 296 g/mol. The molecule has 1 saturated heterocycles. The number of hydrogen-bond acceptors (Lipinski definition) is 3. The minimum atomic E-state index is 0.492. The van der Waals surface area contributed by atoms with Gasteiger partial charge in [-0.05, 0) is 38.2 Å². The Hall–Kier alpha value is -0.770. The fourth-order valence-electron chi connectivity index (χ4n) is 2.68. The van der Waals surface area contributed by atoms with Crippen LogP contribution in [0.2, 0.25) is 5.02 Å². The number of rotatable bonds is 5. The topological polar surface area (TPSA) is 18.5 Å². The summed E-state index contributed by atoms with van der Waals surface area (Å²) >= 11 is 6.20. The highest BCUT2D eigenvalue weighted by Crippen LogP contribution is 2.29. The van der Waals surface area contributed by atoms with Gasteiger partial charge in [-0.25, -0.2) is 0 Å². The lowest BCUT2D eigenvalue weighted by Crippen LogP contribution is -2.32. The number of nitrogens with zero attached hydrogens (tertiary/aromatic N) is 2. The minimum absolute atomic E-state index is 0.492. The number of likely N-dealkylation sites (N-methyl/N-ethyl adjacent to an activating group) is 1. The van der Waals surface area contributed by atoms with E-state index in [-0.39, 0.29) is 0 Å². The average Bonchev–Trinajstić information content (AvgIpc) is 2.86. The summed E-state index contributed by atoms with van der Waals surface area (Å²) in [5.74, 6) is 0. The molecule has 4 heteroatoms. The molecule has 1 aliphatic rings. The largest absolute Gasteiger partial charge is 0.370 e. The molecule has 1 aromatic rings. The van der Waals surface area contributed by atoms with Gasteiger partial charge in [-0.2, -0.15) is 0 Å². The molecule has 1 aromatic carbocycles. The number of anilines is 1. The van der Waals surface area contributed by atoms with Crippen molar-refractivity contribution in [3.05, 3.63) is 28.8 Å². The molecule has 1 unspecified atom stereocenters. The molecule has 112 valence electrons. The maximum Gasteiger partial charge on any atom is 0.0427 e. The highest BCUT2D eigenvalue weighted by molar-refractivity contribution is 6.30. The second-order valence-electron chi connectivity index (χ2n) is 6.16.